The molecule has 1 fully saturated rings. The van der Waals surface area contributed by atoms with E-state index in [1.54, 1.807) is 20.8 Å². The SMILES string of the molecule is CC(C)(C)OC(=O)N1CC[C@H](O[Si](C)(C)C(C)(C)C)CC1=O. The van der Waals surface area contributed by atoms with Gasteiger partial charge in [-0.15, -0.1) is 0 Å². The molecule has 0 N–H and O–H groups in total. The maximum Gasteiger partial charge on any atom is 0.417 e. The van der Waals surface area contributed by atoms with E-state index < -0.39 is 20.0 Å². The molecule has 1 aliphatic rings. The summed E-state index contributed by atoms with van der Waals surface area (Å²) in [5.41, 5.74) is -0.591. The van der Waals surface area contributed by atoms with E-state index >= 15 is 0 Å². The summed E-state index contributed by atoms with van der Waals surface area (Å²) in [7, 11) is -1.90. The third-order valence-corrected chi connectivity index (χ3v) is 8.79. The number of likely N-dealkylation sites (tertiary alicyclic amines) is 1. The van der Waals surface area contributed by atoms with Crippen molar-refractivity contribution in [2.75, 3.05) is 6.54 Å². The summed E-state index contributed by atoms with van der Waals surface area (Å²) in [6, 6.07) is 0. The Morgan fingerprint density at radius 1 is 1.18 bits per heavy atom. The van der Waals surface area contributed by atoms with Crippen LogP contribution in [0.25, 0.3) is 0 Å². The van der Waals surface area contributed by atoms with E-state index in [1.807, 2.05) is 0 Å². The predicted octanol–water partition coefficient (Wildman–Crippen LogP) is 3.93. The zero-order valence-corrected chi connectivity index (χ0v) is 16.3. The van der Waals surface area contributed by atoms with Crippen LogP contribution in [-0.2, 0) is 14.0 Å². The normalized spacial score (nSPS) is 21.0. The van der Waals surface area contributed by atoms with Crippen LogP contribution in [0, 0.1) is 0 Å². The van der Waals surface area contributed by atoms with E-state index in [9.17, 15) is 9.59 Å². The zero-order valence-electron chi connectivity index (χ0n) is 15.3. The van der Waals surface area contributed by atoms with Crippen LogP contribution in [0.5, 0.6) is 0 Å². The lowest BCUT2D eigenvalue weighted by molar-refractivity contribution is -0.135. The molecule has 5 nitrogen and oxygen atoms in total. The fourth-order valence-electron chi connectivity index (χ4n) is 2.01. The molecule has 0 aromatic rings. The van der Waals surface area contributed by atoms with Gasteiger partial charge in [-0.2, -0.15) is 0 Å². The van der Waals surface area contributed by atoms with Crippen LogP contribution in [0.4, 0.5) is 4.79 Å². The van der Waals surface area contributed by atoms with Crippen LogP contribution in [-0.4, -0.2) is 43.5 Å². The fraction of sp³-hybridized carbons (Fsp3) is 0.875. The molecule has 128 valence electrons. The molecular weight excluding hydrogens is 298 g/mol. The molecule has 1 saturated heterocycles. The Morgan fingerprint density at radius 2 is 1.73 bits per heavy atom. The number of ether oxygens (including phenoxy) is 1. The molecular formula is C16H31NO4Si. The maximum absolute atomic E-state index is 12.2. The first-order valence-electron chi connectivity index (χ1n) is 7.94. The van der Waals surface area contributed by atoms with Crippen molar-refractivity contribution >= 4 is 20.3 Å². The summed E-state index contributed by atoms with van der Waals surface area (Å²) in [6.45, 7) is 16.6. The average molecular weight is 330 g/mol. The third kappa shape index (κ3) is 5.09. The minimum Gasteiger partial charge on any atom is -0.443 e. The average Bonchev–Trinajstić information content (AvgIpc) is 2.23. The number of hydrogen-bond donors (Lipinski definition) is 0. The molecule has 0 aromatic carbocycles. The van der Waals surface area contributed by atoms with Crippen molar-refractivity contribution in [3.63, 3.8) is 0 Å². The van der Waals surface area contributed by atoms with Gasteiger partial charge in [-0.25, -0.2) is 9.69 Å². The summed E-state index contributed by atoms with van der Waals surface area (Å²) < 4.78 is 11.6. The topological polar surface area (TPSA) is 55.8 Å². The van der Waals surface area contributed by atoms with Gasteiger partial charge in [0.05, 0.1) is 12.5 Å². The molecule has 0 unspecified atom stereocenters. The van der Waals surface area contributed by atoms with Crippen molar-refractivity contribution in [3.05, 3.63) is 0 Å². The van der Waals surface area contributed by atoms with Gasteiger partial charge >= 0.3 is 6.09 Å². The quantitative estimate of drug-likeness (QED) is 0.720. The van der Waals surface area contributed by atoms with E-state index in [4.69, 9.17) is 9.16 Å². The third-order valence-electron chi connectivity index (χ3n) is 4.26. The molecule has 2 amide bonds. The molecule has 0 bridgehead atoms. The smallest absolute Gasteiger partial charge is 0.417 e. The Hall–Kier alpha value is -0.883. The Kier molecular flexibility index (Phi) is 5.50. The minimum absolute atomic E-state index is 0.0907. The highest BCUT2D eigenvalue weighted by atomic mass is 28.4. The van der Waals surface area contributed by atoms with Gasteiger partial charge in [-0.1, -0.05) is 20.8 Å². The summed E-state index contributed by atoms with van der Waals surface area (Å²) in [4.78, 5) is 25.5. The van der Waals surface area contributed by atoms with Crippen LogP contribution >= 0.6 is 0 Å². The van der Waals surface area contributed by atoms with Crippen LogP contribution in [0.15, 0.2) is 0 Å². The summed E-state index contributed by atoms with van der Waals surface area (Å²) in [5.74, 6) is -0.204. The van der Waals surface area contributed by atoms with Crippen LogP contribution in [0.2, 0.25) is 18.1 Å². The minimum atomic E-state index is -1.90. The van der Waals surface area contributed by atoms with Crippen LogP contribution in [0.1, 0.15) is 54.4 Å². The first kappa shape index (κ1) is 19.2. The molecule has 0 radical (unpaired) electrons. The largest absolute Gasteiger partial charge is 0.443 e. The Balaban J connectivity index is 2.64. The lowest BCUT2D eigenvalue weighted by Crippen LogP contribution is -2.51. The second kappa shape index (κ2) is 6.32. The standard InChI is InChI=1S/C16H31NO4Si/c1-15(2,3)20-14(19)17-10-9-12(11-13(17)18)21-22(7,8)16(4,5)6/h12H,9-11H2,1-8H3/t12-/m0/s1. The van der Waals surface area contributed by atoms with Crippen molar-refractivity contribution in [2.45, 2.75) is 84.2 Å². The molecule has 1 heterocycles. The second-order valence-corrected chi connectivity index (χ2v) is 13.3. The molecule has 1 atom stereocenters. The summed E-state index contributed by atoms with van der Waals surface area (Å²) >= 11 is 0. The van der Waals surface area contributed by atoms with Gasteiger partial charge in [0.25, 0.3) is 0 Å². The van der Waals surface area contributed by atoms with Gasteiger partial charge in [0, 0.05) is 6.54 Å². The number of piperidine rings is 1. The molecule has 1 rings (SSSR count). The zero-order chi connectivity index (χ0) is 17.3. The highest BCUT2D eigenvalue weighted by molar-refractivity contribution is 6.74. The van der Waals surface area contributed by atoms with Gasteiger partial charge in [-0.3, -0.25) is 4.79 Å². The number of amides is 2. The Bertz CT molecular complexity index is 434. The van der Waals surface area contributed by atoms with Crippen LogP contribution in [0.3, 0.4) is 0 Å². The lowest BCUT2D eigenvalue weighted by Gasteiger charge is -2.41. The number of carbonyl (C=O) groups excluding carboxylic acids is 2. The van der Waals surface area contributed by atoms with Crippen molar-refractivity contribution < 1.29 is 18.8 Å². The van der Waals surface area contributed by atoms with E-state index in [1.165, 1.54) is 4.90 Å². The molecule has 0 spiro atoms. The first-order chi connectivity index (χ1) is 9.73. The monoisotopic (exact) mass is 329 g/mol. The molecule has 6 heteroatoms. The molecule has 0 aromatic heterocycles. The molecule has 0 saturated carbocycles. The van der Waals surface area contributed by atoms with Gasteiger partial charge in [0.2, 0.25) is 5.91 Å². The van der Waals surface area contributed by atoms with E-state index in [2.05, 4.69) is 33.9 Å². The predicted molar refractivity (Wildman–Crippen MR) is 89.3 cm³/mol. The number of hydrogen-bond acceptors (Lipinski definition) is 4. The van der Waals surface area contributed by atoms with Crippen molar-refractivity contribution in [2.24, 2.45) is 0 Å². The van der Waals surface area contributed by atoms with Gasteiger partial charge in [-0.05, 0) is 45.3 Å². The second-order valence-electron chi connectivity index (χ2n) is 8.52. The Labute approximate surface area is 135 Å². The maximum atomic E-state index is 12.2. The van der Waals surface area contributed by atoms with E-state index in [-0.39, 0.29) is 23.5 Å². The molecule has 22 heavy (non-hydrogen) atoms. The first-order valence-corrected chi connectivity index (χ1v) is 10.8. The number of carbonyl (C=O) groups is 2. The van der Waals surface area contributed by atoms with E-state index in [0.717, 1.165) is 0 Å². The summed E-state index contributed by atoms with van der Waals surface area (Å²) in [6.07, 6.45) is 0.291. The number of nitrogens with zero attached hydrogens (tertiary/aromatic N) is 1. The van der Waals surface area contributed by atoms with Crippen molar-refractivity contribution in [1.29, 1.82) is 0 Å². The van der Waals surface area contributed by atoms with Crippen LogP contribution < -0.4 is 0 Å². The van der Waals surface area contributed by atoms with Gasteiger partial charge < -0.3 is 9.16 Å². The number of imide groups is 1. The highest BCUT2D eigenvalue weighted by Crippen LogP contribution is 2.38. The van der Waals surface area contributed by atoms with E-state index in [0.29, 0.717) is 13.0 Å². The molecule has 0 aliphatic carbocycles. The lowest BCUT2D eigenvalue weighted by atomic mass is 10.1. The van der Waals surface area contributed by atoms with Gasteiger partial charge in [0.1, 0.15) is 5.60 Å². The summed E-state index contributed by atoms with van der Waals surface area (Å²) in [5, 5.41) is 0.109. The Morgan fingerprint density at radius 3 is 2.14 bits per heavy atom. The number of rotatable bonds is 2. The van der Waals surface area contributed by atoms with Crippen molar-refractivity contribution in [1.82, 2.24) is 4.90 Å². The molecule has 1 aliphatic heterocycles. The van der Waals surface area contributed by atoms with Gasteiger partial charge in [0.15, 0.2) is 8.32 Å². The van der Waals surface area contributed by atoms with Crippen molar-refractivity contribution in [3.8, 4) is 0 Å². The fourth-order valence-corrected chi connectivity index (χ4v) is 3.40. The highest BCUT2D eigenvalue weighted by Gasteiger charge is 2.41.